The molecule has 1 rings (SSSR count). The van der Waals surface area contributed by atoms with E-state index in [-0.39, 0.29) is 18.0 Å². The van der Waals surface area contributed by atoms with Crippen molar-refractivity contribution in [3.63, 3.8) is 0 Å². The molecule has 0 fully saturated rings. The average molecular weight is 241 g/mol. The Morgan fingerprint density at radius 3 is 2.50 bits per heavy atom. The van der Waals surface area contributed by atoms with E-state index in [0.29, 0.717) is 5.02 Å². The summed E-state index contributed by atoms with van der Waals surface area (Å²) in [4.78, 5) is 11.4. The van der Waals surface area contributed by atoms with Crippen molar-refractivity contribution in [2.75, 3.05) is 7.05 Å². The smallest absolute Gasteiger partial charge is 0.236 e. The van der Waals surface area contributed by atoms with Crippen LogP contribution in [0, 0.1) is 0 Å². The van der Waals surface area contributed by atoms with Crippen molar-refractivity contribution in [3.8, 4) is 0 Å². The van der Waals surface area contributed by atoms with Crippen molar-refractivity contribution in [3.05, 3.63) is 34.9 Å². The molecule has 0 saturated carbocycles. The van der Waals surface area contributed by atoms with Crippen LogP contribution in [-0.4, -0.2) is 19.0 Å². The van der Waals surface area contributed by atoms with Gasteiger partial charge in [0.15, 0.2) is 0 Å². The molecule has 1 aromatic rings. The number of likely N-dealkylation sites (N-methyl/N-ethyl adjacent to an activating group) is 1. The van der Waals surface area contributed by atoms with Gasteiger partial charge in [0.05, 0.1) is 6.04 Å². The van der Waals surface area contributed by atoms with Crippen LogP contribution in [0.4, 0.5) is 0 Å². The fraction of sp³-hybridized carbons (Fsp3) is 0.417. The third-order valence-corrected chi connectivity index (χ3v) is 2.86. The summed E-state index contributed by atoms with van der Waals surface area (Å²) in [6.45, 7) is 3.81. The number of carbonyl (C=O) groups excluding carboxylic acids is 1. The Kier molecular flexibility index (Phi) is 4.77. The molecule has 4 heteroatoms. The lowest BCUT2D eigenvalue weighted by atomic mass is 10.1. The highest BCUT2D eigenvalue weighted by Gasteiger charge is 2.16. The lowest BCUT2D eigenvalue weighted by Gasteiger charge is -2.20. The van der Waals surface area contributed by atoms with E-state index in [1.54, 1.807) is 7.05 Å². The summed E-state index contributed by atoms with van der Waals surface area (Å²) in [6.07, 6.45) is 0. The minimum atomic E-state index is -0.240. The summed E-state index contributed by atoms with van der Waals surface area (Å²) in [7, 11) is 1.63. The quantitative estimate of drug-likeness (QED) is 0.847. The molecular weight excluding hydrogens is 224 g/mol. The monoisotopic (exact) mass is 240 g/mol. The van der Waals surface area contributed by atoms with Gasteiger partial charge in [0, 0.05) is 18.1 Å². The van der Waals surface area contributed by atoms with Crippen LogP contribution in [0.15, 0.2) is 24.3 Å². The summed E-state index contributed by atoms with van der Waals surface area (Å²) in [6, 6.07) is 7.43. The van der Waals surface area contributed by atoms with Crippen LogP contribution in [0.25, 0.3) is 0 Å². The summed E-state index contributed by atoms with van der Waals surface area (Å²) >= 11 is 6.08. The van der Waals surface area contributed by atoms with Gasteiger partial charge in [-0.1, -0.05) is 29.8 Å². The van der Waals surface area contributed by atoms with Gasteiger partial charge in [0.2, 0.25) is 5.91 Å². The third kappa shape index (κ3) is 3.22. The number of halogens is 1. The van der Waals surface area contributed by atoms with Gasteiger partial charge in [-0.05, 0) is 25.5 Å². The number of nitrogens with one attached hydrogen (secondary N) is 2. The van der Waals surface area contributed by atoms with Gasteiger partial charge in [-0.3, -0.25) is 10.1 Å². The fourth-order valence-corrected chi connectivity index (χ4v) is 1.88. The Morgan fingerprint density at radius 1 is 1.31 bits per heavy atom. The van der Waals surface area contributed by atoms with E-state index in [2.05, 4.69) is 10.6 Å². The Labute approximate surface area is 101 Å². The second kappa shape index (κ2) is 5.87. The van der Waals surface area contributed by atoms with Crippen LogP contribution in [-0.2, 0) is 4.79 Å². The molecule has 1 unspecified atom stereocenters. The van der Waals surface area contributed by atoms with Gasteiger partial charge in [0.1, 0.15) is 0 Å². The molecule has 0 aromatic heterocycles. The lowest BCUT2D eigenvalue weighted by Crippen LogP contribution is -2.41. The van der Waals surface area contributed by atoms with Crippen LogP contribution in [0.3, 0.4) is 0 Å². The zero-order valence-corrected chi connectivity index (χ0v) is 10.5. The van der Waals surface area contributed by atoms with Crippen LogP contribution in [0.1, 0.15) is 25.5 Å². The van der Waals surface area contributed by atoms with Gasteiger partial charge in [-0.25, -0.2) is 0 Å². The molecule has 0 spiro atoms. The summed E-state index contributed by atoms with van der Waals surface area (Å²) in [5, 5.41) is 6.51. The van der Waals surface area contributed by atoms with E-state index in [4.69, 9.17) is 11.6 Å². The molecule has 1 amide bonds. The van der Waals surface area contributed by atoms with Crippen molar-refractivity contribution < 1.29 is 4.79 Å². The van der Waals surface area contributed by atoms with E-state index in [1.807, 2.05) is 38.1 Å². The van der Waals surface area contributed by atoms with Gasteiger partial charge in [-0.15, -0.1) is 0 Å². The highest BCUT2D eigenvalue weighted by Crippen LogP contribution is 2.22. The largest absolute Gasteiger partial charge is 0.358 e. The summed E-state index contributed by atoms with van der Waals surface area (Å²) in [5.74, 6) is -0.0288. The van der Waals surface area contributed by atoms with Gasteiger partial charge >= 0.3 is 0 Å². The number of carbonyl (C=O) groups is 1. The lowest BCUT2D eigenvalue weighted by molar-refractivity contribution is -0.122. The zero-order chi connectivity index (χ0) is 12.1. The molecule has 0 heterocycles. The van der Waals surface area contributed by atoms with Crippen LogP contribution >= 0.6 is 11.6 Å². The first-order chi connectivity index (χ1) is 7.56. The molecule has 0 aliphatic rings. The average Bonchev–Trinajstić information content (AvgIpc) is 2.28. The number of benzene rings is 1. The summed E-state index contributed by atoms with van der Waals surface area (Å²) < 4.78 is 0. The summed E-state index contributed by atoms with van der Waals surface area (Å²) in [5.41, 5.74) is 1.000. The molecule has 0 aliphatic heterocycles. The minimum Gasteiger partial charge on any atom is -0.358 e. The number of amides is 1. The van der Waals surface area contributed by atoms with E-state index in [9.17, 15) is 4.79 Å². The number of hydrogen-bond donors (Lipinski definition) is 2. The van der Waals surface area contributed by atoms with Crippen molar-refractivity contribution in [2.45, 2.75) is 25.9 Å². The second-order valence-corrected chi connectivity index (χ2v) is 4.15. The van der Waals surface area contributed by atoms with Gasteiger partial charge in [-0.2, -0.15) is 0 Å². The van der Waals surface area contributed by atoms with Crippen molar-refractivity contribution >= 4 is 17.5 Å². The highest BCUT2D eigenvalue weighted by atomic mass is 35.5. The number of rotatable bonds is 4. The normalized spacial score (nSPS) is 14.2. The van der Waals surface area contributed by atoms with Gasteiger partial charge < -0.3 is 5.32 Å². The first kappa shape index (κ1) is 13.0. The molecule has 16 heavy (non-hydrogen) atoms. The predicted octanol–water partition coefficient (Wildman–Crippen LogP) is 2.13. The zero-order valence-electron chi connectivity index (χ0n) is 9.75. The Morgan fingerprint density at radius 2 is 1.94 bits per heavy atom. The van der Waals surface area contributed by atoms with E-state index in [0.717, 1.165) is 5.56 Å². The Bertz CT molecular complexity index is 368. The SMILES string of the molecule is CNC(=O)[C@@H](C)NC(C)c1ccccc1Cl. The molecule has 3 nitrogen and oxygen atoms in total. The molecule has 88 valence electrons. The number of hydrogen-bond acceptors (Lipinski definition) is 2. The maximum absolute atomic E-state index is 11.4. The van der Waals surface area contributed by atoms with E-state index < -0.39 is 0 Å². The maximum atomic E-state index is 11.4. The topological polar surface area (TPSA) is 41.1 Å². The molecular formula is C12H17ClN2O. The molecule has 0 radical (unpaired) electrons. The molecule has 1 aromatic carbocycles. The molecule has 2 atom stereocenters. The van der Waals surface area contributed by atoms with Crippen LogP contribution in [0.5, 0.6) is 0 Å². The highest BCUT2D eigenvalue weighted by molar-refractivity contribution is 6.31. The van der Waals surface area contributed by atoms with Crippen molar-refractivity contribution in [2.24, 2.45) is 0 Å². The standard InChI is InChI=1S/C12H17ClN2O/c1-8(15-9(2)12(16)14-3)10-6-4-5-7-11(10)13/h4-9,15H,1-3H3,(H,14,16)/t8?,9-/m1/s1. The first-order valence-corrected chi connectivity index (χ1v) is 5.66. The Hall–Kier alpha value is -1.06. The molecule has 0 aliphatic carbocycles. The van der Waals surface area contributed by atoms with Gasteiger partial charge in [0.25, 0.3) is 0 Å². The molecule has 0 bridgehead atoms. The molecule has 2 N–H and O–H groups in total. The Balaban J connectivity index is 2.69. The van der Waals surface area contributed by atoms with Crippen molar-refractivity contribution in [1.29, 1.82) is 0 Å². The third-order valence-electron chi connectivity index (χ3n) is 2.51. The molecule has 0 saturated heterocycles. The minimum absolute atomic E-state index is 0.0288. The van der Waals surface area contributed by atoms with E-state index in [1.165, 1.54) is 0 Å². The van der Waals surface area contributed by atoms with Crippen LogP contribution in [0.2, 0.25) is 5.02 Å². The first-order valence-electron chi connectivity index (χ1n) is 5.28. The van der Waals surface area contributed by atoms with E-state index >= 15 is 0 Å². The van der Waals surface area contributed by atoms with Crippen molar-refractivity contribution in [1.82, 2.24) is 10.6 Å². The maximum Gasteiger partial charge on any atom is 0.236 e. The van der Waals surface area contributed by atoms with Crippen LogP contribution < -0.4 is 10.6 Å². The second-order valence-electron chi connectivity index (χ2n) is 3.75. The predicted molar refractivity (Wildman–Crippen MR) is 66.5 cm³/mol. The fourth-order valence-electron chi connectivity index (χ4n) is 1.58.